The number of ether oxygens (including phenoxy) is 1. The van der Waals surface area contributed by atoms with E-state index in [0.717, 1.165) is 12.2 Å². The van der Waals surface area contributed by atoms with Crippen molar-refractivity contribution in [1.82, 2.24) is 10.2 Å². The maximum atomic E-state index is 5.66. The predicted molar refractivity (Wildman–Crippen MR) is 57.4 cm³/mol. The van der Waals surface area contributed by atoms with Gasteiger partial charge in [-0.3, -0.25) is 0 Å². The zero-order chi connectivity index (χ0) is 10.5. The molecule has 2 N–H and O–H groups in total. The van der Waals surface area contributed by atoms with Gasteiger partial charge in [-0.05, 0) is 24.8 Å². The average Bonchev–Trinajstić information content (AvgIpc) is 2.79. The third-order valence-electron chi connectivity index (χ3n) is 2.92. The lowest BCUT2D eigenvalue weighted by Crippen LogP contribution is -2.11. The van der Waals surface area contributed by atoms with E-state index < -0.39 is 0 Å². The minimum atomic E-state index is 0.454. The number of nitrogens with two attached hydrogens (primary N) is 1. The van der Waals surface area contributed by atoms with Gasteiger partial charge in [0.2, 0.25) is 5.88 Å². The number of hydrogen-bond acceptors (Lipinski definition) is 4. The summed E-state index contributed by atoms with van der Waals surface area (Å²) >= 11 is 0. The summed E-state index contributed by atoms with van der Waals surface area (Å²) in [7, 11) is 0. The molecule has 0 spiro atoms. The fourth-order valence-corrected chi connectivity index (χ4v) is 2.00. The van der Waals surface area contributed by atoms with Gasteiger partial charge in [-0.1, -0.05) is 12.8 Å². The average molecular weight is 207 g/mol. The molecule has 1 aliphatic rings. The van der Waals surface area contributed by atoms with Crippen LogP contribution in [0, 0.1) is 5.92 Å². The van der Waals surface area contributed by atoms with Crippen molar-refractivity contribution in [3.05, 3.63) is 17.8 Å². The maximum absolute atomic E-state index is 5.66. The molecule has 1 aromatic rings. The highest BCUT2D eigenvalue weighted by atomic mass is 16.5. The minimum Gasteiger partial charge on any atom is -0.476 e. The summed E-state index contributed by atoms with van der Waals surface area (Å²) in [4.78, 5) is 0. The molecule has 0 amide bonds. The number of rotatable bonds is 4. The summed E-state index contributed by atoms with van der Waals surface area (Å²) in [5.41, 5.74) is 6.52. The normalized spacial score (nSPS) is 16.9. The molecule has 4 heteroatoms. The van der Waals surface area contributed by atoms with Crippen molar-refractivity contribution in [2.24, 2.45) is 11.7 Å². The van der Waals surface area contributed by atoms with Crippen LogP contribution in [0.3, 0.4) is 0 Å². The second-order valence-electron chi connectivity index (χ2n) is 4.03. The van der Waals surface area contributed by atoms with E-state index in [-0.39, 0.29) is 0 Å². The van der Waals surface area contributed by atoms with E-state index in [1.54, 1.807) is 6.20 Å². The van der Waals surface area contributed by atoms with Gasteiger partial charge in [0.15, 0.2) is 0 Å². The monoisotopic (exact) mass is 207 g/mol. The van der Waals surface area contributed by atoms with Gasteiger partial charge in [0, 0.05) is 12.1 Å². The molecular weight excluding hydrogens is 190 g/mol. The Morgan fingerprint density at radius 3 is 2.93 bits per heavy atom. The highest BCUT2D eigenvalue weighted by Crippen LogP contribution is 2.25. The minimum absolute atomic E-state index is 0.454. The lowest BCUT2D eigenvalue weighted by atomic mass is 10.1. The van der Waals surface area contributed by atoms with Gasteiger partial charge < -0.3 is 10.5 Å². The molecule has 1 saturated carbocycles. The highest BCUT2D eigenvalue weighted by molar-refractivity contribution is 5.22. The first-order valence-electron chi connectivity index (χ1n) is 5.53. The van der Waals surface area contributed by atoms with Crippen LogP contribution < -0.4 is 10.5 Å². The number of aromatic nitrogens is 2. The number of nitrogens with zero attached hydrogens (tertiary/aromatic N) is 2. The Hall–Kier alpha value is -1.16. The van der Waals surface area contributed by atoms with Gasteiger partial charge in [-0.25, -0.2) is 0 Å². The second kappa shape index (κ2) is 5.07. The Kier molecular flexibility index (Phi) is 3.50. The smallest absolute Gasteiger partial charge is 0.237 e. The molecule has 0 atom stereocenters. The maximum Gasteiger partial charge on any atom is 0.237 e. The van der Waals surface area contributed by atoms with E-state index >= 15 is 0 Å². The third-order valence-corrected chi connectivity index (χ3v) is 2.92. The van der Waals surface area contributed by atoms with Crippen molar-refractivity contribution in [2.75, 3.05) is 6.61 Å². The summed E-state index contributed by atoms with van der Waals surface area (Å²) in [5.74, 6) is 1.30. The largest absolute Gasteiger partial charge is 0.476 e. The number of hydrogen-bond donors (Lipinski definition) is 1. The molecular formula is C11H17N3O. The fraction of sp³-hybridized carbons (Fsp3) is 0.636. The molecule has 4 nitrogen and oxygen atoms in total. The van der Waals surface area contributed by atoms with Crippen LogP contribution >= 0.6 is 0 Å². The predicted octanol–water partition coefficient (Wildman–Crippen LogP) is 1.50. The van der Waals surface area contributed by atoms with Crippen LogP contribution in [0.25, 0.3) is 0 Å². The van der Waals surface area contributed by atoms with Crippen LogP contribution in [-0.4, -0.2) is 16.8 Å². The van der Waals surface area contributed by atoms with E-state index in [9.17, 15) is 0 Å². The van der Waals surface area contributed by atoms with E-state index in [4.69, 9.17) is 10.5 Å². The molecule has 15 heavy (non-hydrogen) atoms. The Morgan fingerprint density at radius 1 is 1.40 bits per heavy atom. The van der Waals surface area contributed by atoms with Gasteiger partial charge in [0.1, 0.15) is 0 Å². The van der Waals surface area contributed by atoms with Gasteiger partial charge in [0.05, 0.1) is 12.8 Å². The lowest BCUT2D eigenvalue weighted by Gasteiger charge is -2.11. The Morgan fingerprint density at radius 2 is 2.20 bits per heavy atom. The first-order chi connectivity index (χ1) is 7.40. The van der Waals surface area contributed by atoms with Crippen molar-refractivity contribution in [2.45, 2.75) is 32.2 Å². The van der Waals surface area contributed by atoms with Crippen LogP contribution in [0.2, 0.25) is 0 Å². The van der Waals surface area contributed by atoms with Gasteiger partial charge in [-0.2, -0.15) is 5.10 Å². The summed E-state index contributed by atoms with van der Waals surface area (Å²) in [6, 6.07) is 1.86. The Balaban J connectivity index is 1.91. The van der Waals surface area contributed by atoms with E-state index in [2.05, 4.69) is 10.2 Å². The topological polar surface area (TPSA) is 61.0 Å². The van der Waals surface area contributed by atoms with E-state index in [0.29, 0.717) is 18.3 Å². The second-order valence-corrected chi connectivity index (χ2v) is 4.03. The molecule has 1 aromatic heterocycles. The quantitative estimate of drug-likeness (QED) is 0.812. The highest BCUT2D eigenvalue weighted by Gasteiger charge is 2.16. The van der Waals surface area contributed by atoms with Crippen LogP contribution in [0.15, 0.2) is 12.3 Å². The van der Waals surface area contributed by atoms with Crippen molar-refractivity contribution in [3.8, 4) is 5.88 Å². The van der Waals surface area contributed by atoms with Crippen molar-refractivity contribution in [3.63, 3.8) is 0 Å². The van der Waals surface area contributed by atoms with Crippen LogP contribution in [-0.2, 0) is 6.54 Å². The first kappa shape index (κ1) is 10.4. The molecule has 1 heterocycles. The first-order valence-corrected chi connectivity index (χ1v) is 5.53. The van der Waals surface area contributed by atoms with Crippen LogP contribution in [0.5, 0.6) is 5.88 Å². The van der Waals surface area contributed by atoms with Crippen molar-refractivity contribution in [1.29, 1.82) is 0 Å². The summed E-state index contributed by atoms with van der Waals surface area (Å²) in [5, 5.41) is 7.77. The molecule has 0 aliphatic heterocycles. The third kappa shape index (κ3) is 2.65. The molecule has 1 aliphatic carbocycles. The molecule has 0 aromatic carbocycles. The van der Waals surface area contributed by atoms with E-state index in [1.807, 2.05) is 6.07 Å². The van der Waals surface area contributed by atoms with Gasteiger partial charge in [-0.15, -0.1) is 5.10 Å². The Bertz CT molecular complexity index is 310. The zero-order valence-corrected chi connectivity index (χ0v) is 8.85. The van der Waals surface area contributed by atoms with Gasteiger partial charge >= 0.3 is 0 Å². The molecule has 82 valence electrons. The lowest BCUT2D eigenvalue weighted by molar-refractivity contribution is 0.239. The Labute approximate surface area is 89.8 Å². The molecule has 0 saturated heterocycles. The van der Waals surface area contributed by atoms with Crippen LogP contribution in [0.1, 0.15) is 31.2 Å². The van der Waals surface area contributed by atoms with Crippen LogP contribution in [0.4, 0.5) is 0 Å². The molecule has 0 bridgehead atoms. The fourth-order valence-electron chi connectivity index (χ4n) is 2.00. The summed E-state index contributed by atoms with van der Waals surface area (Å²) in [6.07, 6.45) is 6.86. The SMILES string of the molecule is NCc1ccnnc1OCC1CCCC1. The zero-order valence-electron chi connectivity index (χ0n) is 8.85. The standard InChI is InChI=1S/C11H17N3O/c12-7-10-5-6-13-14-11(10)15-8-9-3-1-2-4-9/h5-6,9H,1-4,7-8,12H2. The molecule has 1 fully saturated rings. The summed E-state index contributed by atoms with van der Waals surface area (Å²) in [6.45, 7) is 1.21. The van der Waals surface area contributed by atoms with E-state index in [1.165, 1.54) is 25.7 Å². The van der Waals surface area contributed by atoms with Gasteiger partial charge in [0.25, 0.3) is 0 Å². The molecule has 0 radical (unpaired) electrons. The van der Waals surface area contributed by atoms with Crippen molar-refractivity contribution < 1.29 is 4.74 Å². The van der Waals surface area contributed by atoms with Crippen molar-refractivity contribution >= 4 is 0 Å². The molecule has 0 unspecified atom stereocenters. The molecule has 2 rings (SSSR count). The summed E-state index contributed by atoms with van der Waals surface area (Å²) < 4.78 is 5.66.